The van der Waals surface area contributed by atoms with E-state index >= 15 is 0 Å². The van der Waals surface area contributed by atoms with Gasteiger partial charge in [-0.15, -0.1) is 0 Å². The van der Waals surface area contributed by atoms with Crippen molar-refractivity contribution in [2.45, 2.75) is 58.7 Å². The first-order valence-corrected chi connectivity index (χ1v) is 9.34. The van der Waals surface area contributed by atoms with Crippen LogP contribution < -0.4 is 0 Å². The van der Waals surface area contributed by atoms with Gasteiger partial charge in [0.05, 0.1) is 6.10 Å². The molecule has 0 bridgehead atoms. The Morgan fingerprint density at radius 2 is 1.88 bits per heavy atom. The van der Waals surface area contributed by atoms with Gasteiger partial charge in [-0.2, -0.15) is 0 Å². The largest absolute Gasteiger partial charge is 0.486 e. The highest BCUT2D eigenvalue weighted by Crippen LogP contribution is 2.20. The van der Waals surface area contributed by atoms with Crippen molar-refractivity contribution in [2.75, 3.05) is 19.6 Å². The van der Waals surface area contributed by atoms with Crippen LogP contribution in [0.5, 0.6) is 0 Å². The molecule has 25 heavy (non-hydrogen) atoms. The van der Waals surface area contributed by atoms with E-state index in [4.69, 9.17) is 4.74 Å². The predicted molar refractivity (Wildman–Crippen MR) is 102 cm³/mol. The molecule has 0 N–H and O–H groups in total. The second kappa shape index (κ2) is 9.04. The van der Waals surface area contributed by atoms with Crippen molar-refractivity contribution in [3.63, 3.8) is 0 Å². The minimum atomic E-state index is -0.0722. The molecule has 0 radical (unpaired) electrons. The average molecular weight is 344 g/mol. The maximum Gasteiger partial charge on any atom is 0.288 e. The van der Waals surface area contributed by atoms with Crippen molar-refractivity contribution in [1.29, 1.82) is 0 Å². The summed E-state index contributed by atoms with van der Waals surface area (Å²) in [6.45, 7) is 14.7. The Morgan fingerprint density at radius 3 is 2.52 bits per heavy atom. The second-order valence-corrected chi connectivity index (χ2v) is 7.19. The Bertz CT molecular complexity index is 571. The van der Waals surface area contributed by atoms with E-state index in [0.717, 1.165) is 32.5 Å². The quantitative estimate of drug-likeness (QED) is 0.561. The van der Waals surface area contributed by atoms with Crippen LogP contribution in [-0.4, -0.2) is 53.5 Å². The first kappa shape index (κ1) is 19.5. The van der Waals surface area contributed by atoms with Gasteiger partial charge in [-0.05, 0) is 52.6 Å². The van der Waals surface area contributed by atoms with Crippen LogP contribution in [0.4, 0.5) is 0 Å². The van der Waals surface area contributed by atoms with Gasteiger partial charge in [0.1, 0.15) is 0 Å². The number of hydrogen-bond donors (Lipinski definition) is 0. The van der Waals surface area contributed by atoms with E-state index in [1.54, 1.807) is 0 Å². The van der Waals surface area contributed by atoms with E-state index in [-0.39, 0.29) is 23.8 Å². The number of ether oxygens (including phenoxy) is 1. The zero-order valence-electron chi connectivity index (χ0n) is 16.1. The second-order valence-electron chi connectivity index (χ2n) is 7.19. The molecule has 1 amide bonds. The van der Waals surface area contributed by atoms with E-state index in [1.807, 2.05) is 18.7 Å². The van der Waals surface area contributed by atoms with E-state index in [1.165, 1.54) is 5.56 Å². The van der Waals surface area contributed by atoms with Crippen LogP contribution in [0.2, 0.25) is 0 Å². The lowest BCUT2D eigenvalue weighted by Gasteiger charge is -2.45. The van der Waals surface area contributed by atoms with Crippen LogP contribution in [0, 0.1) is 0 Å². The van der Waals surface area contributed by atoms with Gasteiger partial charge in [-0.1, -0.05) is 36.9 Å². The number of nitrogens with zero attached hydrogens (tertiary/aromatic N) is 2. The summed E-state index contributed by atoms with van der Waals surface area (Å²) >= 11 is 0. The van der Waals surface area contributed by atoms with Crippen LogP contribution in [0.3, 0.4) is 0 Å². The summed E-state index contributed by atoms with van der Waals surface area (Å²) in [6.07, 6.45) is 2.21. The fourth-order valence-electron chi connectivity index (χ4n) is 3.44. The summed E-state index contributed by atoms with van der Waals surface area (Å²) < 4.78 is 5.49. The third kappa shape index (κ3) is 5.33. The third-order valence-electron chi connectivity index (χ3n) is 5.02. The zero-order chi connectivity index (χ0) is 18.4. The third-order valence-corrected chi connectivity index (χ3v) is 5.02. The van der Waals surface area contributed by atoms with Crippen molar-refractivity contribution in [3.8, 4) is 0 Å². The topological polar surface area (TPSA) is 32.8 Å². The number of hydrogen-bond acceptors (Lipinski definition) is 3. The van der Waals surface area contributed by atoms with E-state index in [0.29, 0.717) is 6.04 Å². The molecule has 1 aliphatic heterocycles. The lowest BCUT2D eigenvalue weighted by atomic mass is 10.0. The van der Waals surface area contributed by atoms with E-state index in [9.17, 15) is 4.79 Å². The highest BCUT2D eigenvalue weighted by atomic mass is 16.5. The standard InChI is InChI=1S/C21H32N2O2/c1-16(2)25-19(5)21(24)23-15-14-22(17(3)18(23)4)13-9-12-20-10-7-6-8-11-20/h6-8,10-11,16-18H,5,9,12-15H2,1-4H3. The lowest BCUT2D eigenvalue weighted by molar-refractivity contribution is -0.137. The molecule has 0 spiro atoms. The number of aryl methyl sites for hydroxylation is 1. The van der Waals surface area contributed by atoms with Crippen LogP contribution in [-0.2, 0) is 16.0 Å². The van der Waals surface area contributed by atoms with Crippen molar-refractivity contribution in [1.82, 2.24) is 9.80 Å². The minimum Gasteiger partial charge on any atom is -0.486 e. The molecule has 0 saturated carbocycles. The number of carbonyl (C=O) groups is 1. The first-order chi connectivity index (χ1) is 11.9. The van der Waals surface area contributed by atoms with Gasteiger partial charge in [-0.3, -0.25) is 9.69 Å². The Hall–Kier alpha value is -1.81. The average Bonchev–Trinajstić information content (AvgIpc) is 2.58. The molecule has 4 nitrogen and oxygen atoms in total. The minimum absolute atomic E-state index is 0.0246. The summed E-state index contributed by atoms with van der Waals surface area (Å²) in [5, 5.41) is 0. The molecule has 1 aromatic carbocycles. The maximum atomic E-state index is 12.6. The molecule has 4 heteroatoms. The van der Waals surface area contributed by atoms with Crippen molar-refractivity contribution in [2.24, 2.45) is 0 Å². The Labute approximate surface area is 152 Å². The Kier molecular flexibility index (Phi) is 7.06. The first-order valence-electron chi connectivity index (χ1n) is 9.34. The summed E-state index contributed by atoms with van der Waals surface area (Å²) in [7, 11) is 0. The van der Waals surface area contributed by atoms with Gasteiger partial charge < -0.3 is 9.64 Å². The van der Waals surface area contributed by atoms with Crippen molar-refractivity contribution < 1.29 is 9.53 Å². The molecule has 138 valence electrons. The SMILES string of the molecule is C=C(OC(C)C)C(=O)N1CCN(CCCc2ccccc2)C(C)C1C. The van der Waals surface area contributed by atoms with Crippen molar-refractivity contribution in [3.05, 3.63) is 48.2 Å². The van der Waals surface area contributed by atoms with Gasteiger partial charge in [0.25, 0.3) is 5.91 Å². The van der Waals surface area contributed by atoms with Gasteiger partial charge in [0.15, 0.2) is 5.76 Å². The molecule has 0 aliphatic carbocycles. The molecule has 1 saturated heterocycles. The monoisotopic (exact) mass is 344 g/mol. The molecular weight excluding hydrogens is 312 g/mol. The molecule has 2 atom stereocenters. The Morgan fingerprint density at radius 1 is 1.20 bits per heavy atom. The van der Waals surface area contributed by atoms with E-state index in [2.05, 4.69) is 55.7 Å². The van der Waals surface area contributed by atoms with Crippen LogP contribution >= 0.6 is 0 Å². The number of amides is 1. The summed E-state index contributed by atoms with van der Waals surface area (Å²) in [4.78, 5) is 17.0. The van der Waals surface area contributed by atoms with Gasteiger partial charge in [0.2, 0.25) is 0 Å². The molecule has 1 aliphatic rings. The highest BCUT2D eigenvalue weighted by Gasteiger charge is 2.34. The fraction of sp³-hybridized carbons (Fsp3) is 0.571. The Balaban J connectivity index is 1.84. The molecule has 0 aromatic heterocycles. The van der Waals surface area contributed by atoms with Gasteiger partial charge in [-0.25, -0.2) is 0 Å². The van der Waals surface area contributed by atoms with Crippen LogP contribution in [0.1, 0.15) is 39.7 Å². The lowest BCUT2D eigenvalue weighted by Crippen LogP contribution is -2.59. The van der Waals surface area contributed by atoms with Crippen LogP contribution in [0.25, 0.3) is 0 Å². The smallest absolute Gasteiger partial charge is 0.288 e. The molecular formula is C21H32N2O2. The van der Waals surface area contributed by atoms with Gasteiger partial charge in [0, 0.05) is 25.2 Å². The number of rotatable bonds is 7. The van der Waals surface area contributed by atoms with Gasteiger partial charge >= 0.3 is 0 Å². The fourth-order valence-corrected chi connectivity index (χ4v) is 3.44. The maximum absolute atomic E-state index is 12.6. The van der Waals surface area contributed by atoms with Crippen molar-refractivity contribution >= 4 is 5.91 Å². The zero-order valence-corrected chi connectivity index (χ0v) is 16.1. The van der Waals surface area contributed by atoms with Crippen LogP contribution in [0.15, 0.2) is 42.7 Å². The normalized spacial score (nSPS) is 21.4. The summed E-state index contributed by atoms with van der Waals surface area (Å²) in [6, 6.07) is 11.1. The molecule has 1 heterocycles. The molecule has 1 fully saturated rings. The highest BCUT2D eigenvalue weighted by molar-refractivity contribution is 5.91. The predicted octanol–water partition coefficient (Wildman–Crippen LogP) is 3.48. The molecule has 2 unspecified atom stereocenters. The molecule has 2 rings (SSSR count). The number of piperazine rings is 1. The number of benzene rings is 1. The summed E-state index contributed by atoms with van der Waals surface area (Å²) in [5.74, 6) is 0.184. The van der Waals surface area contributed by atoms with E-state index < -0.39 is 0 Å². The number of carbonyl (C=O) groups excluding carboxylic acids is 1. The summed E-state index contributed by atoms with van der Waals surface area (Å²) in [5.41, 5.74) is 1.39. The molecule has 1 aromatic rings.